The Morgan fingerprint density at radius 1 is 1.02 bits per heavy atom. The number of hydrogen-bond acceptors (Lipinski definition) is 13. The number of benzene rings is 1. The van der Waals surface area contributed by atoms with E-state index in [-0.39, 0.29) is 43.8 Å². The Kier molecular flexibility index (Phi) is 15.0. The van der Waals surface area contributed by atoms with Gasteiger partial charge in [-0.15, -0.1) is 0 Å². The molecule has 0 amide bonds. The van der Waals surface area contributed by atoms with Crippen molar-refractivity contribution in [2.24, 2.45) is 29.6 Å². The Labute approximate surface area is 326 Å². The van der Waals surface area contributed by atoms with E-state index in [0.29, 0.717) is 22.9 Å². The Bertz CT molecular complexity index is 1610. The molecule has 13 heteroatoms. The van der Waals surface area contributed by atoms with Crippen molar-refractivity contribution in [1.82, 2.24) is 9.88 Å². The summed E-state index contributed by atoms with van der Waals surface area (Å²) in [5.74, 6) is -5.58. The number of pyridine rings is 1. The van der Waals surface area contributed by atoms with Gasteiger partial charge >= 0.3 is 11.9 Å². The van der Waals surface area contributed by atoms with E-state index in [1.165, 1.54) is 13.3 Å². The summed E-state index contributed by atoms with van der Waals surface area (Å²) in [6.45, 7) is 13.7. The number of methoxy groups -OCH3 is 1. The molecular weight excluding hydrogens is 708 g/mol. The van der Waals surface area contributed by atoms with Crippen LogP contribution in [-0.2, 0) is 33.3 Å². The lowest BCUT2D eigenvalue weighted by Crippen LogP contribution is -2.60. The van der Waals surface area contributed by atoms with E-state index in [2.05, 4.69) is 4.98 Å². The van der Waals surface area contributed by atoms with Gasteiger partial charge in [-0.1, -0.05) is 45.9 Å². The third-order valence-electron chi connectivity index (χ3n) is 12.3. The SMILES string of the molecule is CC[C@H]1OC(=O)[C@H](C)[C@@H](O)[C@H](C)[C@@H](O[C@@H]2O[C@H](C)C[C@H](N(C)C)[C@H]2O)[C@](C)(OC)C[C@@H](C)C(=O)C(C)[C@@H](CCOC(=O)c2ccnc3ccccc23)[C@]1(C)O. The number of cyclic esters (lactones) is 1. The summed E-state index contributed by atoms with van der Waals surface area (Å²) < 4.78 is 30.7. The lowest BCUT2D eigenvalue weighted by atomic mass is 9.69. The van der Waals surface area contributed by atoms with Crippen molar-refractivity contribution < 1.29 is 53.4 Å². The van der Waals surface area contributed by atoms with Gasteiger partial charge in [-0.25, -0.2) is 4.79 Å². The minimum absolute atomic E-state index is 0.0834. The van der Waals surface area contributed by atoms with Gasteiger partial charge in [0.15, 0.2) is 6.29 Å². The summed E-state index contributed by atoms with van der Waals surface area (Å²) in [6.07, 6.45) is -3.17. The summed E-state index contributed by atoms with van der Waals surface area (Å²) >= 11 is 0. The number of fused-ring (bicyclic) bond motifs is 1. The van der Waals surface area contributed by atoms with Gasteiger partial charge in [0.25, 0.3) is 0 Å². The molecule has 0 saturated carbocycles. The number of carbonyl (C=O) groups excluding carboxylic acids is 3. The highest BCUT2D eigenvalue weighted by atomic mass is 16.7. The second-order valence-corrected chi connectivity index (χ2v) is 16.5. The highest BCUT2D eigenvalue weighted by Crippen LogP contribution is 2.41. The number of likely N-dealkylation sites (N-methyl/N-ethyl adjacent to an activating group) is 1. The van der Waals surface area contributed by atoms with Crippen molar-refractivity contribution in [3.8, 4) is 0 Å². The maximum absolute atomic E-state index is 14.5. The van der Waals surface area contributed by atoms with E-state index in [1.807, 2.05) is 38.1 Å². The molecule has 308 valence electrons. The molecule has 1 unspecified atom stereocenters. The van der Waals surface area contributed by atoms with Crippen LogP contribution in [0, 0.1) is 29.6 Å². The van der Waals surface area contributed by atoms with E-state index < -0.39 is 83.4 Å². The number of esters is 2. The van der Waals surface area contributed by atoms with E-state index in [4.69, 9.17) is 23.7 Å². The average Bonchev–Trinajstić information content (AvgIpc) is 3.15. The van der Waals surface area contributed by atoms with Gasteiger partial charge in [0, 0.05) is 48.4 Å². The van der Waals surface area contributed by atoms with Crippen LogP contribution in [0.3, 0.4) is 0 Å². The van der Waals surface area contributed by atoms with Crippen LogP contribution in [0.4, 0.5) is 0 Å². The van der Waals surface area contributed by atoms with Gasteiger partial charge < -0.3 is 43.9 Å². The minimum Gasteiger partial charge on any atom is -0.462 e. The number of aromatic nitrogens is 1. The fraction of sp³-hybridized carbons (Fsp3) is 0.714. The van der Waals surface area contributed by atoms with Crippen LogP contribution in [0.2, 0.25) is 0 Å². The number of carbonyl (C=O) groups is 3. The third-order valence-corrected chi connectivity index (χ3v) is 12.3. The van der Waals surface area contributed by atoms with Gasteiger partial charge in [-0.3, -0.25) is 14.6 Å². The lowest BCUT2D eigenvalue weighted by molar-refractivity contribution is -0.301. The van der Waals surface area contributed by atoms with E-state index >= 15 is 0 Å². The number of ketones is 1. The van der Waals surface area contributed by atoms with Gasteiger partial charge in [0.05, 0.1) is 47.5 Å². The van der Waals surface area contributed by atoms with Gasteiger partial charge in [0.1, 0.15) is 23.6 Å². The summed E-state index contributed by atoms with van der Waals surface area (Å²) in [5, 5.41) is 36.1. The largest absolute Gasteiger partial charge is 0.462 e. The smallest absolute Gasteiger partial charge is 0.338 e. The maximum Gasteiger partial charge on any atom is 0.338 e. The Hall–Kier alpha value is -3.04. The van der Waals surface area contributed by atoms with Crippen molar-refractivity contribution in [3.05, 3.63) is 42.1 Å². The van der Waals surface area contributed by atoms with Gasteiger partial charge in [-0.05, 0) is 79.6 Å². The molecule has 2 aromatic rings. The van der Waals surface area contributed by atoms with Crippen molar-refractivity contribution in [1.29, 1.82) is 0 Å². The van der Waals surface area contributed by atoms with Crippen molar-refractivity contribution in [3.63, 3.8) is 0 Å². The molecule has 2 saturated heterocycles. The molecule has 0 spiro atoms. The first-order valence-corrected chi connectivity index (χ1v) is 19.6. The zero-order valence-electron chi connectivity index (χ0n) is 34.4. The lowest BCUT2D eigenvalue weighted by Gasteiger charge is -2.48. The maximum atomic E-state index is 14.5. The molecule has 0 aliphatic carbocycles. The summed E-state index contributed by atoms with van der Waals surface area (Å²) in [6, 6.07) is 8.55. The number of rotatable bonds is 9. The molecular formula is C42H64N2O11. The number of aliphatic hydroxyl groups excluding tert-OH is 2. The Balaban J connectivity index is 1.69. The topological polar surface area (TPSA) is 174 Å². The van der Waals surface area contributed by atoms with E-state index in [1.54, 1.807) is 66.7 Å². The fourth-order valence-electron chi connectivity index (χ4n) is 8.85. The molecule has 55 heavy (non-hydrogen) atoms. The molecule has 0 radical (unpaired) electrons. The molecule has 2 aliphatic rings. The van der Waals surface area contributed by atoms with Crippen molar-refractivity contribution in [2.75, 3.05) is 27.8 Å². The Morgan fingerprint density at radius 3 is 2.33 bits per heavy atom. The second-order valence-electron chi connectivity index (χ2n) is 16.5. The molecule has 1 aromatic carbocycles. The molecule has 0 bridgehead atoms. The second kappa shape index (κ2) is 18.5. The van der Waals surface area contributed by atoms with Gasteiger partial charge in [-0.2, -0.15) is 0 Å². The zero-order valence-corrected chi connectivity index (χ0v) is 34.4. The normalized spacial score (nSPS) is 38.4. The minimum atomic E-state index is -1.74. The monoisotopic (exact) mass is 772 g/mol. The highest BCUT2D eigenvalue weighted by molar-refractivity contribution is 6.03. The number of para-hydroxylation sites is 1. The van der Waals surface area contributed by atoms with Crippen LogP contribution in [0.15, 0.2) is 36.5 Å². The number of Topliss-reactive ketones (excluding diaryl/α,β-unsaturated/α-hetero) is 1. The predicted molar refractivity (Wildman–Crippen MR) is 206 cm³/mol. The summed E-state index contributed by atoms with van der Waals surface area (Å²) in [5.41, 5.74) is -1.98. The molecule has 14 atom stereocenters. The molecule has 2 fully saturated rings. The fourth-order valence-corrected chi connectivity index (χ4v) is 8.85. The average molecular weight is 773 g/mol. The predicted octanol–water partition coefficient (Wildman–Crippen LogP) is 4.57. The van der Waals surface area contributed by atoms with Crippen LogP contribution in [0.25, 0.3) is 10.9 Å². The number of aliphatic hydroxyl groups is 3. The molecule has 4 rings (SSSR count). The Morgan fingerprint density at radius 2 is 1.69 bits per heavy atom. The number of hydrogen-bond donors (Lipinski definition) is 3. The summed E-state index contributed by atoms with van der Waals surface area (Å²) in [7, 11) is 5.25. The molecule has 1 aromatic heterocycles. The quantitative estimate of drug-likeness (QED) is 0.303. The van der Waals surface area contributed by atoms with Gasteiger partial charge in [0.2, 0.25) is 0 Å². The first kappa shape index (κ1) is 44.7. The van der Waals surface area contributed by atoms with E-state index in [9.17, 15) is 29.7 Å². The zero-order chi connectivity index (χ0) is 41.0. The van der Waals surface area contributed by atoms with Crippen molar-refractivity contribution in [2.45, 2.75) is 135 Å². The van der Waals surface area contributed by atoms with Crippen LogP contribution >= 0.6 is 0 Å². The third kappa shape index (κ3) is 9.75. The highest BCUT2D eigenvalue weighted by Gasteiger charge is 2.52. The number of nitrogens with zero attached hydrogens (tertiary/aromatic N) is 2. The summed E-state index contributed by atoms with van der Waals surface area (Å²) in [4.78, 5) is 47.9. The van der Waals surface area contributed by atoms with Crippen LogP contribution in [0.1, 0.15) is 91.4 Å². The molecule has 2 aliphatic heterocycles. The van der Waals surface area contributed by atoms with E-state index in [0.717, 1.165) is 0 Å². The first-order valence-electron chi connectivity index (χ1n) is 19.6. The van der Waals surface area contributed by atoms with Crippen LogP contribution in [0.5, 0.6) is 0 Å². The van der Waals surface area contributed by atoms with Crippen LogP contribution < -0.4 is 0 Å². The van der Waals surface area contributed by atoms with Crippen molar-refractivity contribution >= 4 is 28.6 Å². The standard InChI is InChI=1S/C42H64N2O11/c1-12-33-42(8,50)30(18-20-52-39(49)29-17-19-43-31-16-14-13-15-28(29)31)25(4)34(45)23(2)22-41(7,51-11)37(26(5)35(46)27(6)38(48)54-33)55-40-36(47)32(44(9)10)21-24(3)53-40/h13-17,19,23-27,30,32-33,35-37,40,46-47,50H,12,18,20-22H2,1-11H3/t23-,24-,25?,26+,27-,30-,32+,33-,35+,36-,37-,40+,41-,42+/m1/s1. The number of ether oxygens (including phenoxy) is 5. The first-order chi connectivity index (χ1) is 25.8. The molecule has 13 nitrogen and oxygen atoms in total. The molecule has 3 heterocycles. The van der Waals surface area contributed by atoms with Crippen LogP contribution in [-0.4, -0.2) is 125 Å². The molecule has 3 N–H and O–H groups in total.